The molecule has 5 heteroatoms. The summed E-state index contributed by atoms with van der Waals surface area (Å²) in [6.07, 6.45) is 0. The fraction of sp³-hybridized carbons (Fsp3) is 0. The number of fused-ring (bicyclic) bond motifs is 10. The molecule has 0 aliphatic carbocycles. The van der Waals surface area contributed by atoms with Crippen LogP contribution in [0, 0.1) is 0 Å². The number of benzene rings is 10. The van der Waals surface area contributed by atoms with Crippen LogP contribution in [0.1, 0.15) is 0 Å². The second-order valence-corrected chi connectivity index (χ2v) is 15.6. The van der Waals surface area contributed by atoms with Crippen molar-refractivity contribution in [2.45, 2.75) is 0 Å². The van der Waals surface area contributed by atoms with E-state index >= 15 is 0 Å². The lowest BCUT2D eigenvalue weighted by Gasteiger charge is -2.16. The molecule has 60 heavy (non-hydrogen) atoms. The molecule has 0 aliphatic heterocycles. The molecule has 0 unspecified atom stereocenters. The fourth-order valence-corrected chi connectivity index (χ4v) is 9.35. The summed E-state index contributed by atoms with van der Waals surface area (Å²) in [6.45, 7) is 0. The molecule has 3 aromatic heterocycles. The zero-order valence-electron chi connectivity index (χ0n) is 32.2. The molecular weight excluding hydrogens is 733 g/mol. The molecule has 0 atom stereocenters. The number of hydrogen-bond donors (Lipinski definition) is 0. The van der Waals surface area contributed by atoms with Crippen molar-refractivity contribution in [2.24, 2.45) is 0 Å². The molecule has 0 N–H and O–H groups in total. The summed E-state index contributed by atoms with van der Waals surface area (Å²) < 4.78 is 9.06. The lowest BCUT2D eigenvalue weighted by Crippen LogP contribution is -2.04. The Morgan fingerprint density at radius 2 is 0.733 bits per heavy atom. The number of aromatic nitrogens is 4. The second kappa shape index (κ2) is 12.7. The van der Waals surface area contributed by atoms with Crippen molar-refractivity contribution in [3.63, 3.8) is 0 Å². The van der Waals surface area contributed by atoms with Crippen LogP contribution in [0.3, 0.4) is 0 Å². The van der Waals surface area contributed by atoms with Crippen molar-refractivity contribution in [1.29, 1.82) is 0 Å². The topological polar surface area (TPSA) is 56.7 Å². The van der Waals surface area contributed by atoms with Crippen LogP contribution in [0.25, 0.3) is 127 Å². The zero-order valence-corrected chi connectivity index (χ0v) is 32.2. The Kier molecular flexibility index (Phi) is 6.95. The summed E-state index contributed by atoms with van der Waals surface area (Å²) in [7, 11) is 0. The van der Waals surface area contributed by atoms with Gasteiger partial charge < -0.3 is 8.98 Å². The minimum atomic E-state index is 0.578. The summed E-state index contributed by atoms with van der Waals surface area (Å²) >= 11 is 0. The van der Waals surface area contributed by atoms with Gasteiger partial charge in [-0.2, -0.15) is 0 Å². The van der Waals surface area contributed by atoms with Gasteiger partial charge in [0.2, 0.25) is 0 Å². The third kappa shape index (κ3) is 4.96. The van der Waals surface area contributed by atoms with Crippen molar-refractivity contribution in [1.82, 2.24) is 19.5 Å². The molecule has 0 fully saturated rings. The summed E-state index contributed by atoms with van der Waals surface area (Å²) in [5.74, 6) is 1.80. The van der Waals surface area contributed by atoms with Crippen molar-refractivity contribution < 1.29 is 4.42 Å². The molecule has 0 saturated carbocycles. The Morgan fingerprint density at radius 1 is 0.300 bits per heavy atom. The third-order valence-corrected chi connectivity index (χ3v) is 12.2. The van der Waals surface area contributed by atoms with Crippen molar-refractivity contribution in [3.05, 3.63) is 194 Å². The van der Waals surface area contributed by atoms with Crippen molar-refractivity contribution in [3.8, 4) is 39.9 Å². The molecule has 10 aromatic carbocycles. The lowest BCUT2D eigenvalue weighted by atomic mass is 10.0. The van der Waals surface area contributed by atoms with E-state index in [4.69, 9.17) is 19.4 Å². The first-order valence-corrected chi connectivity index (χ1v) is 20.3. The van der Waals surface area contributed by atoms with Gasteiger partial charge in [0.1, 0.15) is 11.2 Å². The molecule has 0 aliphatic rings. The van der Waals surface area contributed by atoms with E-state index in [1.54, 1.807) is 0 Å². The summed E-state index contributed by atoms with van der Waals surface area (Å²) in [5, 5.41) is 13.5. The molecular formula is C55H32N4O. The van der Waals surface area contributed by atoms with Gasteiger partial charge in [-0.25, -0.2) is 15.0 Å². The highest BCUT2D eigenvalue weighted by Crippen LogP contribution is 2.43. The second-order valence-electron chi connectivity index (χ2n) is 15.6. The number of hydrogen-bond acceptors (Lipinski definition) is 4. The average Bonchev–Trinajstić information content (AvgIpc) is 3.82. The minimum Gasteiger partial charge on any atom is -0.456 e. The first-order valence-electron chi connectivity index (χ1n) is 20.3. The van der Waals surface area contributed by atoms with Gasteiger partial charge in [0.05, 0.1) is 16.7 Å². The number of para-hydroxylation sites is 1. The molecule has 0 spiro atoms. The van der Waals surface area contributed by atoms with E-state index in [-0.39, 0.29) is 0 Å². The number of nitrogens with zero attached hydrogens (tertiary/aromatic N) is 4. The predicted molar refractivity (Wildman–Crippen MR) is 248 cm³/mol. The van der Waals surface area contributed by atoms with E-state index in [0.717, 1.165) is 76.9 Å². The maximum Gasteiger partial charge on any atom is 0.166 e. The molecule has 13 rings (SSSR count). The van der Waals surface area contributed by atoms with E-state index in [1.807, 2.05) is 12.1 Å². The predicted octanol–water partition coefficient (Wildman–Crippen LogP) is 14.5. The largest absolute Gasteiger partial charge is 0.456 e. The normalized spacial score (nSPS) is 12.0. The summed E-state index contributed by atoms with van der Waals surface area (Å²) in [5.41, 5.74) is 7.50. The van der Waals surface area contributed by atoms with Gasteiger partial charge in [-0.3, -0.25) is 0 Å². The van der Waals surface area contributed by atoms with E-state index < -0.39 is 0 Å². The van der Waals surface area contributed by atoms with E-state index in [9.17, 15) is 0 Å². The van der Waals surface area contributed by atoms with Crippen molar-refractivity contribution >= 4 is 86.8 Å². The van der Waals surface area contributed by atoms with E-state index in [0.29, 0.717) is 17.5 Å². The molecule has 13 aromatic rings. The molecule has 0 radical (unpaired) electrons. The first-order chi connectivity index (χ1) is 29.7. The van der Waals surface area contributed by atoms with Crippen LogP contribution in [-0.2, 0) is 0 Å². The van der Waals surface area contributed by atoms with Crippen LogP contribution < -0.4 is 0 Å². The van der Waals surface area contributed by atoms with Gasteiger partial charge in [0, 0.05) is 44.3 Å². The van der Waals surface area contributed by atoms with Crippen LogP contribution in [-0.4, -0.2) is 19.5 Å². The third-order valence-electron chi connectivity index (χ3n) is 12.2. The standard InChI is InChI=1S/C55H32N4O/c1-3-17-37-29-48-44(27-35(37)15-1)45-28-36-16-2-4-18-38(36)30-49(45)59(48)50-32-52-46(41-23-9-10-26-51(41)60-52)31-47(50)55-57-53(42-24-11-19-33-13-5-7-21-39(33)42)56-54(58-55)43-25-12-20-34-14-6-8-22-40(34)43/h1-32H. The molecule has 3 heterocycles. The molecule has 0 saturated heterocycles. The van der Waals surface area contributed by atoms with Crippen molar-refractivity contribution in [2.75, 3.05) is 0 Å². The van der Waals surface area contributed by atoms with Gasteiger partial charge in [0.25, 0.3) is 0 Å². The lowest BCUT2D eigenvalue weighted by molar-refractivity contribution is 0.668. The maximum atomic E-state index is 6.66. The highest BCUT2D eigenvalue weighted by molar-refractivity contribution is 6.18. The Bertz CT molecular complexity index is 3710. The quantitative estimate of drug-likeness (QED) is 0.179. The number of rotatable bonds is 4. The van der Waals surface area contributed by atoms with E-state index in [2.05, 4.69) is 187 Å². The van der Waals surface area contributed by atoms with Crippen LogP contribution >= 0.6 is 0 Å². The summed E-state index contributed by atoms with van der Waals surface area (Å²) in [4.78, 5) is 16.2. The summed E-state index contributed by atoms with van der Waals surface area (Å²) in [6, 6.07) is 68.7. The van der Waals surface area contributed by atoms with Crippen LogP contribution in [0.15, 0.2) is 199 Å². The Morgan fingerprint density at radius 3 is 1.28 bits per heavy atom. The fourth-order valence-electron chi connectivity index (χ4n) is 9.35. The highest BCUT2D eigenvalue weighted by atomic mass is 16.3. The SMILES string of the molecule is c1ccc2cc3c(cc2c1)c1cc2ccccc2cc1n3-c1cc2oc3ccccc3c2cc1-c1nc(-c2cccc3ccccc23)nc(-c2cccc3ccccc23)n1. The van der Waals surface area contributed by atoms with Gasteiger partial charge in [-0.1, -0.05) is 152 Å². The van der Waals surface area contributed by atoms with Gasteiger partial charge >= 0.3 is 0 Å². The van der Waals surface area contributed by atoms with Crippen LogP contribution in [0.2, 0.25) is 0 Å². The van der Waals surface area contributed by atoms with Crippen LogP contribution in [0.5, 0.6) is 0 Å². The molecule has 5 nitrogen and oxygen atoms in total. The highest BCUT2D eigenvalue weighted by Gasteiger charge is 2.24. The van der Waals surface area contributed by atoms with Gasteiger partial charge in [-0.05, 0) is 79.5 Å². The minimum absolute atomic E-state index is 0.578. The van der Waals surface area contributed by atoms with Gasteiger partial charge in [0.15, 0.2) is 17.5 Å². The monoisotopic (exact) mass is 764 g/mol. The molecule has 278 valence electrons. The Labute approximate surface area is 343 Å². The zero-order chi connectivity index (χ0) is 39.3. The average molecular weight is 765 g/mol. The smallest absolute Gasteiger partial charge is 0.166 e. The van der Waals surface area contributed by atoms with Gasteiger partial charge in [-0.15, -0.1) is 0 Å². The maximum absolute atomic E-state index is 6.66. The molecule has 0 bridgehead atoms. The Balaban J connectivity index is 1.19. The number of furan rings is 1. The van der Waals surface area contributed by atoms with E-state index in [1.165, 1.54) is 32.3 Å². The first kappa shape index (κ1) is 32.9. The Hall–Kier alpha value is -8.15. The molecule has 0 amide bonds. The van der Waals surface area contributed by atoms with Crippen LogP contribution in [0.4, 0.5) is 0 Å².